The smallest absolute Gasteiger partial charge is 0.0235 e. The first-order chi connectivity index (χ1) is 8.34. The van der Waals surface area contributed by atoms with E-state index >= 15 is 0 Å². The Bertz CT molecular complexity index is 233. The molecule has 2 nitrogen and oxygen atoms in total. The summed E-state index contributed by atoms with van der Waals surface area (Å²) in [6, 6.07) is 1.65. The van der Waals surface area contributed by atoms with E-state index in [1.165, 1.54) is 64.6 Å². The lowest BCUT2D eigenvalue weighted by Gasteiger charge is -2.34. The van der Waals surface area contributed by atoms with Gasteiger partial charge in [0, 0.05) is 25.2 Å². The van der Waals surface area contributed by atoms with Gasteiger partial charge >= 0.3 is 0 Å². The van der Waals surface area contributed by atoms with Crippen molar-refractivity contribution in [2.75, 3.05) is 19.6 Å². The number of nitrogens with zero attached hydrogens (tertiary/aromatic N) is 1. The van der Waals surface area contributed by atoms with E-state index in [0.29, 0.717) is 0 Å². The summed E-state index contributed by atoms with van der Waals surface area (Å²) in [6.45, 7) is 6.44. The zero-order chi connectivity index (χ0) is 11.7. The maximum Gasteiger partial charge on any atom is 0.0235 e. The van der Waals surface area contributed by atoms with Crippen LogP contribution in [0, 0.1) is 11.8 Å². The number of hydrogen-bond donors (Lipinski definition) is 1. The van der Waals surface area contributed by atoms with Crippen molar-refractivity contribution >= 4 is 0 Å². The minimum Gasteiger partial charge on any atom is -0.312 e. The highest BCUT2D eigenvalue weighted by atomic mass is 15.2. The van der Waals surface area contributed by atoms with Gasteiger partial charge in [0.05, 0.1) is 0 Å². The van der Waals surface area contributed by atoms with Gasteiger partial charge < -0.3 is 5.32 Å². The normalized spacial score (nSPS) is 37.9. The van der Waals surface area contributed by atoms with Crippen LogP contribution in [0.25, 0.3) is 0 Å². The first-order valence-electron chi connectivity index (χ1n) is 7.82. The summed E-state index contributed by atoms with van der Waals surface area (Å²) in [5, 5.41) is 3.73. The van der Waals surface area contributed by atoms with E-state index in [4.69, 9.17) is 0 Å². The van der Waals surface area contributed by atoms with Gasteiger partial charge in [-0.2, -0.15) is 0 Å². The molecule has 0 aromatic heterocycles. The number of fused-ring (bicyclic) bond motifs is 1. The quantitative estimate of drug-likeness (QED) is 0.793. The first kappa shape index (κ1) is 12.0. The van der Waals surface area contributed by atoms with E-state index in [-0.39, 0.29) is 0 Å². The lowest BCUT2D eigenvalue weighted by molar-refractivity contribution is 0.151. The van der Waals surface area contributed by atoms with Gasteiger partial charge in [0.2, 0.25) is 0 Å². The summed E-state index contributed by atoms with van der Waals surface area (Å²) in [5.74, 6) is 1.94. The van der Waals surface area contributed by atoms with E-state index in [0.717, 1.165) is 23.9 Å². The number of nitrogens with one attached hydrogen (secondary N) is 1. The summed E-state index contributed by atoms with van der Waals surface area (Å²) < 4.78 is 0. The molecule has 3 atom stereocenters. The van der Waals surface area contributed by atoms with Crippen molar-refractivity contribution in [2.45, 2.75) is 64.0 Å². The Morgan fingerprint density at radius 3 is 2.59 bits per heavy atom. The predicted octanol–water partition coefficient (Wildman–Crippen LogP) is 2.64. The lowest BCUT2D eigenvalue weighted by Crippen LogP contribution is -2.42. The number of likely N-dealkylation sites (tertiary alicyclic amines) is 1. The van der Waals surface area contributed by atoms with E-state index in [9.17, 15) is 0 Å². The number of piperidine rings is 1. The Morgan fingerprint density at radius 1 is 1.00 bits per heavy atom. The summed E-state index contributed by atoms with van der Waals surface area (Å²) >= 11 is 0. The minimum absolute atomic E-state index is 0.815. The standard InChI is InChI=1S/C15H28N2/c1-12(13-6-3-2-4-7-13)17-10-14-8-5-9-16-15(14)11-17/h12-16H,2-11H2,1H3. The molecule has 0 amide bonds. The molecule has 17 heavy (non-hydrogen) atoms. The Hall–Kier alpha value is -0.0800. The van der Waals surface area contributed by atoms with Gasteiger partial charge in [-0.1, -0.05) is 19.3 Å². The Kier molecular flexibility index (Phi) is 3.72. The van der Waals surface area contributed by atoms with Gasteiger partial charge in [0.25, 0.3) is 0 Å². The molecule has 1 N–H and O–H groups in total. The maximum atomic E-state index is 3.73. The summed E-state index contributed by atoms with van der Waals surface area (Å²) in [5.41, 5.74) is 0. The minimum atomic E-state index is 0.815. The highest BCUT2D eigenvalue weighted by Gasteiger charge is 2.37. The van der Waals surface area contributed by atoms with Gasteiger partial charge in [-0.05, 0) is 51.0 Å². The van der Waals surface area contributed by atoms with Crippen LogP contribution in [0.3, 0.4) is 0 Å². The molecule has 1 saturated carbocycles. The third kappa shape index (κ3) is 2.53. The predicted molar refractivity (Wildman–Crippen MR) is 72.1 cm³/mol. The van der Waals surface area contributed by atoms with Crippen LogP contribution in [0.5, 0.6) is 0 Å². The molecule has 3 rings (SSSR count). The fourth-order valence-corrected chi connectivity index (χ4v) is 4.33. The van der Waals surface area contributed by atoms with Crippen LogP contribution in [0.15, 0.2) is 0 Å². The van der Waals surface area contributed by atoms with Crippen LogP contribution in [0.2, 0.25) is 0 Å². The molecule has 2 saturated heterocycles. The summed E-state index contributed by atoms with van der Waals surface area (Å²) in [7, 11) is 0. The fourth-order valence-electron chi connectivity index (χ4n) is 4.33. The van der Waals surface area contributed by atoms with Crippen molar-refractivity contribution in [3.63, 3.8) is 0 Å². The molecule has 3 fully saturated rings. The average molecular weight is 236 g/mol. The third-order valence-corrected chi connectivity index (χ3v) is 5.54. The van der Waals surface area contributed by atoms with Gasteiger partial charge in [-0.25, -0.2) is 0 Å². The van der Waals surface area contributed by atoms with Crippen molar-refractivity contribution in [1.29, 1.82) is 0 Å². The van der Waals surface area contributed by atoms with Crippen molar-refractivity contribution in [3.05, 3.63) is 0 Å². The molecule has 2 aliphatic heterocycles. The van der Waals surface area contributed by atoms with E-state index in [1.54, 1.807) is 0 Å². The Morgan fingerprint density at radius 2 is 1.82 bits per heavy atom. The highest BCUT2D eigenvalue weighted by molar-refractivity contribution is 4.94. The zero-order valence-electron chi connectivity index (χ0n) is 11.3. The van der Waals surface area contributed by atoms with E-state index < -0.39 is 0 Å². The van der Waals surface area contributed by atoms with Crippen molar-refractivity contribution in [2.24, 2.45) is 11.8 Å². The number of hydrogen-bond acceptors (Lipinski definition) is 2. The molecule has 3 unspecified atom stereocenters. The molecule has 0 aromatic rings. The molecule has 98 valence electrons. The van der Waals surface area contributed by atoms with Crippen LogP contribution in [-0.2, 0) is 0 Å². The van der Waals surface area contributed by atoms with Crippen LogP contribution in [0.4, 0.5) is 0 Å². The monoisotopic (exact) mass is 236 g/mol. The Balaban J connectivity index is 1.57. The Labute approximate surface area is 106 Å². The second-order valence-corrected chi connectivity index (χ2v) is 6.56. The van der Waals surface area contributed by atoms with Crippen LogP contribution < -0.4 is 5.32 Å². The molecule has 0 aromatic carbocycles. The van der Waals surface area contributed by atoms with E-state index in [1.807, 2.05) is 0 Å². The molecule has 2 heteroatoms. The SMILES string of the molecule is CC(C1CCCCC1)N1CC2CCCNC2C1. The second kappa shape index (κ2) is 5.27. The van der Waals surface area contributed by atoms with Crippen molar-refractivity contribution < 1.29 is 0 Å². The largest absolute Gasteiger partial charge is 0.312 e. The van der Waals surface area contributed by atoms with E-state index in [2.05, 4.69) is 17.1 Å². The summed E-state index contributed by atoms with van der Waals surface area (Å²) in [4.78, 5) is 2.80. The number of rotatable bonds is 2. The molecule has 0 radical (unpaired) electrons. The second-order valence-electron chi connectivity index (χ2n) is 6.56. The van der Waals surface area contributed by atoms with Gasteiger partial charge in [-0.3, -0.25) is 4.90 Å². The molecule has 0 bridgehead atoms. The highest BCUT2D eigenvalue weighted by Crippen LogP contribution is 2.33. The van der Waals surface area contributed by atoms with Gasteiger partial charge in [0.15, 0.2) is 0 Å². The topological polar surface area (TPSA) is 15.3 Å². The summed E-state index contributed by atoms with van der Waals surface area (Å²) in [6.07, 6.45) is 10.3. The van der Waals surface area contributed by atoms with Crippen molar-refractivity contribution in [1.82, 2.24) is 10.2 Å². The fraction of sp³-hybridized carbons (Fsp3) is 1.00. The molecular formula is C15H28N2. The lowest BCUT2D eigenvalue weighted by atomic mass is 9.84. The van der Waals surface area contributed by atoms with Crippen LogP contribution >= 0.6 is 0 Å². The molecule has 1 aliphatic carbocycles. The van der Waals surface area contributed by atoms with Gasteiger partial charge in [0.1, 0.15) is 0 Å². The average Bonchev–Trinajstić information content (AvgIpc) is 2.82. The third-order valence-electron chi connectivity index (χ3n) is 5.54. The van der Waals surface area contributed by atoms with Crippen LogP contribution in [-0.4, -0.2) is 36.6 Å². The molecule has 2 heterocycles. The van der Waals surface area contributed by atoms with Crippen LogP contribution in [0.1, 0.15) is 51.9 Å². The maximum absolute atomic E-state index is 3.73. The van der Waals surface area contributed by atoms with Crippen molar-refractivity contribution in [3.8, 4) is 0 Å². The first-order valence-corrected chi connectivity index (χ1v) is 7.82. The van der Waals surface area contributed by atoms with Gasteiger partial charge in [-0.15, -0.1) is 0 Å². The zero-order valence-corrected chi connectivity index (χ0v) is 11.3. The molecular weight excluding hydrogens is 208 g/mol. The molecule has 0 spiro atoms. The molecule has 3 aliphatic rings.